The van der Waals surface area contributed by atoms with Crippen LogP contribution in [0.2, 0.25) is 0 Å². The molecule has 0 aromatic carbocycles. The Morgan fingerprint density at radius 1 is 1.26 bits per heavy atom. The van der Waals surface area contributed by atoms with Crippen molar-refractivity contribution in [2.45, 2.75) is 51.6 Å². The number of amides is 2. The Hall–Kier alpha value is -1.10. The fourth-order valence-electron chi connectivity index (χ4n) is 2.41. The molecule has 0 radical (unpaired) electrons. The van der Waals surface area contributed by atoms with Gasteiger partial charge in [0.05, 0.1) is 6.10 Å². The smallest absolute Gasteiger partial charge is 0.235 e. The van der Waals surface area contributed by atoms with E-state index < -0.39 is 5.41 Å². The number of carbonyl (C=O) groups excluding carboxylic acids is 2. The molecule has 1 unspecified atom stereocenters. The third kappa shape index (κ3) is 3.47. The molecule has 1 saturated carbocycles. The van der Waals surface area contributed by atoms with E-state index in [0.717, 1.165) is 32.3 Å². The first-order chi connectivity index (χ1) is 9.19. The van der Waals surface area contributed by atoms with Crippen LogP contribution < -0.4 is 10.6 Å². The lowest BCUT2D eigenvalue weighted by atomic mass is 10.0. The highest BCUT2D eigenvalue weighted by Crippen LogP contribution is 2.46. The van der Waals surface area contributed by atoms with E-state index in [1.165, 1.54) is 0 Å². The van der Waals surface area contributed by atoms with E-state index in [9.17, 15) is 9.59 Å². The van der Waals surface area contributed by atoms with Gasteiger partial charge in [-0.3, -0.25) is 9.59 Å². The molecule has 1 aliphatic carbocycles. The summed E-state index contributed by atoms with van der Waals surface area (Å²) in [5.41, 5.74) is -0.785. The lowest BCUT2D eigenvalue weighted by Crippen LogP contribution is -2.45. The van der Waals surface area contributed by atoms with Gasteiger partial charge in [0.15, 0.2) is 0 Å². The molecule has 0 aromatic heterocycles. The Bertz CT molecular complexity index is 334. The van der Waals surface area contributed by atoms with Crippen molar-refractivity contribution in [1.82, 2.24) is 10.6 Å². The zero-order valence-corrected chi connectivity index (χ0v) is 11.7. The summed E-state index contributed by atoms with van der Waals surface area (Å²) in [5, 5.41) is 5.74. The molecule has 1 aliphatic heterocycles. The zero-order chi connectivity index (χ0) is 13.7. The van der Waals surface area contributed by atoms with Crippen LogP contribution in [0.1, 0.15) is 45.4 Å². The van der Waals surface area contributed by atoms with Gasteiger partial charge in [0.2, 0.25) is 11.8 Å². The Kier molecular flexibility index (Phi) is 4.80. The van der Waals surface area contributed by atoms with Crippen LogP contribution in [-0.2, 0) is 14.3 Å². The highest BCUT2D eigenvalue weighted by atomic mass is 16.5. The van der Waals surface area contributed by atoms with E-state index in [0.29, 0.717) is 25.9 Å². The average Bonchev–Trinajstić information content (AvgIpc) is 3.06. The summed E-state index contributed by atoms with van der Waals surface area (Å²) in [4.78, 5) is 24.2. The first kappa shape index (κ1) is 14.3. The summed E-state index contributed by atoms with van der Waals surface area (Å²) in [5.74, 6) is -0.234. The molecule has 5 nitrogen and oxygen atoms in total. The van der Waals surface area contributed by atoms with Gasteiger partial charge in [0, 0.05) is 19.7 Å². The van der Waals surface area contributed by atoms with Gasteiger partial charge in [-0.25, -0.2) is 0 Å². The largest absolute Gasteiger partial charge is 0.376 e. The number of hydrogen-bond donors (Lipinski definition) is 2. The van der Waals surface area contributed by atoms with Gasteiger partial charge >= 0.3 is 0 Å². The number of hydrogen-bond acceptors (Lipinski definition) is 3. The van der Waals surface area contributed by atoms with Crippen molar-refractivity contribution >= 4 is 11.8 Å². The Labute approximate surface area is 114 Å². The van der Waals surface area contributed by atoms with Crippen molar-refractivity contribution in [3.05, 3.63) is 0 Å². The standard InChI is InChI=1S/C14H24N2O3/c1-2-3-8-15-12(17)14(6-7-14)13(18)16-10-11-5-4-9-19-11/h11H,2-10H2,1H3,(H,15,17)(H,16,18). The van der Waals surface area contributed by atoms with Gasteiger partial charge in [-0.15, -0.1) is 0 Å². The first-order valence-electron chi connectivity index (χ1n) is 7.37. The molecule has 2 fully saturated rings. The third-order valence-corrected chi connectivity index (χ3v) is 3.95. The average molecular weight is 268 g/mol. The van der Waals surface area contributed by atoms with E-state index >= 15 is 0 Å². The minimum Gasteiger partial charge on any atom is -0.376 e. The normalized spacial score (nSPS) is 23.9. The quantitative estimate of drug-likeness (QED) is 0.534. The fourth-order valence-corrected chi connectivity index (χ4v) is 2.41. The van der Waals surface area contributed by atoms with Gasteiger partial charge in [-0.1, -0.05) is 13.3 Å². The Morgan fingerprint density at radius 3 is 2.58 bits per heavy atom. The van der Waals surface area contributed by atoms with Crippen molar-refractivity contribution in [3.63, 3.8) is 0 Å². The van der Waals surface area contributed by atoms with Gasteiger partial charge in [0.25, 0.3) is 0 Å². The SMILES string of the molecule is CCCCNC(=O)C1(C(=O)NCC2CCCO2)CC1. The molecule has 0 spiro atoms. The first-order valence-corrected chi connectivity index (χ1v) is 7.37. The number of rotatable bonds is 7. The molecular formula is C14H24N2O3. The minimum absolute atomic E-state index is 0.106. The van der Waals surface area contributed by atoms with Crippen molar-refractivity contribution < 1.29 is 14.3 Å². The predicted octanol–water partition coefficient (Wildman–Crippen LogP) is 0.978. The van der Waals surface area contributed by atoms with Crippen molar-refractivity contribution in [3.8, 4) is 0 Å². The van der Waals surface area contributed by atoms with Gasteiger partial charge < -0.3 is 15.4 Å². The molecule has 19 heavy (non-hydrogen) atoms. The summed E-state index contributed by atoms with van der Waals surface area (Å²) in [6.07, 6.45) is 5.52. The van der Waals surface area contributed by atoms with Crippen molar-refractivity contribution in [1.29, 1.82) is 0 Å². The molecule has 2 N–H and O–H groups in total. The van der Waals surface area contributed by atoms with Crippen LogP contribution in [0.3, 0.4) is 0 Å². The second kappa shape index (κ2) is 6.37. The summed E-state index contributed by atoms with van der Waals surface area (Å²) >= 11 is 0. The summed E-state index contributed by atoms with van der Waals surface area (Å²) in [7, 11) is 0. The van der Waals surface area contributed by atoms with Crippen LogP contribution in [0.25, 0.3) is 0 Å². The molecule has 2 rings (SSSR count). The highest BCUT2D eigenvalue weighted by molar-refractivity contribution is 6.07. The monoisotopic (exact) mass is 268 g/mol. The topological polar surface area (TPSA) is 67.4 Å². The lowest BCUT2D eigenvalue weighted by Gasteiger charge is -2.17. The maximum absolute atomic E-state index is 12.1. The number of ether oxygens (including phenoxy) is 1. The van der Waals surface area contributed by atoms with E-state index in [2.05, 4.69) is 17.6 Å². The molecule has 2 aliphatic rings. The molecule has 0 bridgehead atoms. The summed E-state index contributed by atoms with van der Waals surface area (Å²) < 4.78 is 5.46. The van der Waals surface area contributed by atoms with E-state index in [1.807, 2.05) is 0 Å². The molecule has 2 amide bonds. The maximum atomic E-state index is 12.1. The Morgan fingerprint density at radius 2 is 2.00 bits per heavy atom. The zero-order valence-electron chi connectivity index (χ0n) is 11.7. The number of carbonyl (C=O) groups is 2. The van der Waals surface area contributed by atoms with Crippen LogP contribution in [0.4, 0.5) is 0 Å². The molecule has 108 valence electrons. The summed E-state index contributed by atoms with van der Waals surface area (Å²) in [6.45, 7) is 4.05. The van der Waals surface area contributed by atoms with Crippen LogP contribution in [0, 0.1) is 5.41 Å². The van der Waals surface area contributed by atoms with Crippen LogP contribution in [0.15, 0.2) is 0 Å². The summed E-state index contributed by atoms with van der Waals surface area (Å²) in [6, 6.07) is 0. The Balaban J connectivity index is 1.75. The van der Waals surface area contributed by atoms with Crippen LogP contribution >= 0.6 is 0 Å². The van der Waals surface area contributed by atoms with Gasteiger partial charge in [0.1, 0.15) is 5.41 Å². The minimum atomic E-state index is -0.785. The second-order valence-electron chi connectivity index (χ2n) is 5.54. The van der Waals surface area contributed by atoms with Gasteiger partial charge in [-0.2, -0.15) is 0 Å². The van der Waals surface area contributed by atoms with Gasteiger partial charge in [-0.05, 0) is 32.1 Å². The molecular weight excluding hydrogens is 244 g/mol. The molecule has 1 saturated heterocycles. The molecule has 1 heterocycles. The van der Waals surface area contributed by atoms with Crippen molar-refractivity contribution in [2.24, 2.45) is 5.41 Å². The number of unbranched alkanes of at least 4 members (excludes halogenated alkanes) is 1. The van der Waals surface area contributed by atoms with E-state index in [4.69, 9.17) is 4.74 Å². The molecule has 1 atom stereocenters. The maximum Gasteiger partial charge on any atom is 0.235 e. The van der Waals surface area contributed by atoms with Crippen LogP contribution in [0.5, 0.6) is 0 Å². The van der Waals surface area contributed by atoms with Crippen LogP contribution in [-0.4, -0.2) is 37.6 Å². The fraction of sp³-hybridized carbons (Fsp3) is 0.857. The lowest BCUT2D eigenvalue weighted by molar-refractivity contribution is -0.137. The number of nitrogens with one attached hydrogen (secondary N) is 2. The molecule has 5 heteroatoms. The predicted molar refractivity (Wildman–Crippen MR) is 71.6 cm³/mol. The highest BCUT2D eigenvalue weighted by Gasteiger charge is 2.56. The molecule has 0 aromatic rings. The van der Waals surface area contributed by atoms with Crippen molar-refractivity contribution in [2.75, 3.05) is 19.7 Å². The van der Waals surface area contributed by atoms with E-state index in [1.54, 1.807) is 0 Å². The second-order valence-corrected chi connectivity index (χ2v) is 5.54. The van der Waals surface area contributed by atoms with E-state index in [-0.39, 0.29) is 17.9 Å². The third-order valence-electron chi connectivity index (χ3n) is 3.95.